The molecule has 0 N–H and O–H groups in total. The molecule has 1 amide bonds. The maximum atomic E-state index is 12.7. The molecule has 0 unspecified atom stereocenters. The Hall–Kier alpha value is -1.37. The highest BCUT2D eigenvalue weighted by Crippen LogP contribution is 2.24. The van der Waals surface area contributed by atoms with Crippen molar-refractivity contribution in [3.8, 4) is 0 Å². The standard InChI is InChI=1S/C16H24N2O4/c1-12-13(4-8-21-12)16(19)18-5-3-15-14(11-18)17(6-9-20-2)7-10-22-15/h4,8,14-15H,3,5-7,9-11H2,1-2H3/t14-,15-/m1/s1. The second kappa shape index (κ2) is 6.81. The largest absolute Gasteiger partial charge is 0.469 e. The van der Waals surface area contributed by atoms with E-state index in [2.05, 4.69) is 4.90 Å². The lowest BCUT2D eigenvalue weighted by molar-refractivity contribution is -0.101. The number of nitrogens with zero attached hydrogens (tertiary/aromatic N) is 2. The van der Waals surface area contributed by atoms with Gasteiger partial charge in [0, 0.05) is 33.3 Å². The van der Waals surface area contributed by atoms with E-state index in [1.807, 2.05) is 11.8 Å². The van der Waals surface area contributed by atoms with E-state index in [0.29, 0.717) is 24.5 Å². The van der Waals surface area contributed by atoms with Gasteiger partial charge in [0.2, 0.25) is 0 Å². The third kappa shape index (κ3) is 3.04. The molecule has 0 radical (unpaired) electrons. The van der Waals surface area contributed by atoms with Gasteiger partial charge in [0.15, 0.2) is 0 Å². The van der Waals surface area contributed by atoms with Gasteiger partial charge in [-0.1, -0.05) is 0 Å². The number of morpholine rings is 1. The topological polar surface area (TPSA) is 55.2 Å². The molecule has 122 valence electrons. The van der Waals surface area contributed by atoms with Gasteiger partial charge in [-0.05, 0) is 19.4 Å². The Morgan fingerprint density at radius 3 is 3.05 bits per heavy atom. The van der Waals surface area contributed by atoms with Gasteiger partial charge in [0.25, 0.3) is 5.91 Å². The Balaban J connectivity index is 1.69. The number of ether oxygens (including phenoxy) is 2. The van der Waals surface area contributed by atoms with Crippen molar-refractivity contribution in [3.63, 3.8) is 0 Å². The van der Waals surface area contributed by atoms with Gasteiger partial charge in [-0.15, -0.1) is 0 Å². The molecular formula is C16H24N2O4. The quantitative estimate of drug-likeness (QED) is 0.835. The van der Waals surface area contributed by atoms with Crippen molar-refractivity contribution in [2.45, 2.75) is 25.5 Å². The first kappa shape index (κ1) is 15.5. The lowest BCUT2D eigenvalue weighted by Crippen LogP contribution is -2.61. The Kier molecular flexibility index (Phi) is 4.81. The third-order valence-electron chi connectivity index (χ3n) is 4.66. The minimum absolute atomic E-state index is 0.0574. The lowest BCUT2D eigenvalue weighted by atomic mass is 9.98. The summed E-state index contributed by atoms with van der Waals surface area (Å²) in [5.74, 6) is 0.741. The number of amides is 1. The van der Waals surface area contributed by atoms with Crippen molar-refractivity contribution in [2.24, 2.45) is 0 Å². The molecule has 22 heavy (non-hydrogen) atoms. The molecular weight excluding hydrogens is 284 g/mol. The average Bonchev–Trinajstić information content (AvgIpc) is 2.97. The van der Waals surface area contributed by atoms with Crippen LogP contribution < -0.4 is 0 Å². The number of hydrogen-bond acceptors (Lipinski definition) is 5. The second-order valence-electron chi connectivity index (χ2n) is 5.94. The van der Waals surface area contributed by atoms with E-state index in [0.717, 1.165) is 32.7 Å². The molecule has 2 aliphatic rings. The summed E-state index contributed by atoms with van der Waals surface area (Å²) in [5, 5.41) is 0. The van der Waals surface area contributed by atoms with Crippen LogP contribution in [0.15, 0.2) is 16.7 Å². The maximum Gasteiger partial charge on any atom is 0.257 e. The first-order valence-corrected chi connectivity index (χ1v) is 7.88. The molecule has 2 aliphatic heterocycles. The molecule has 1 aromatic rings. The van der Waals surface area contributed by atoms with E-state index in [1.54, 1.807) is 19.4 Å². The van der Waals surface area contributed by atoms with E-state index >= 15 is 0 Å². The number of carbonyl (C=O) groups is 1. The minimum Gasteiger partial charge on any atom is -0.469 e. The summed E-state index contributed by atoms with van der Waals surface area (Å²) in [5.41, 5.74) is 0.665. The van der Waals surface area contributed by atoms with Crippen LogP contribution in [-0.4, -0.2) is 74.4 Å². The Bertz CT molecular complexity index is 516. The van der Waals surface area contributed by atoms with Gasteiger partial charge in [-0.25, -0.2) is 0 Å². The lowest BCUT2D eigenvalue weighted by Gasteiger charge is -2.47. The van der Waals surface area contributed by atoms with Crippen molar-refractivity contribution in [1.82, 2.24) is 9.80 Å². The molecule has 0 saturated carbocycles. The van der Waals surface area contributed by atoms with Crippen LogP contribution in [0.25, 0.3) is 0 Å². The SMILES string of the molecule is COCCN1CCO[C@@H]2CCN(C(=O)c3ccoc3C)C[C@H]21. The van der Waals surface area contributed by atoms with Crippen LogP contribution in [0.4, 0.5) is 0 Å². The second-order valence-corrected chi connectivity index (χ2v) is 5.94. The van der Waals surface area contributed by atoms with Crippen LogP contribution in [0.1, 0.15) is 22.5 Å². The number of furan rings is 1. The van der Waals surface area contributed by atoms with Crippen LogP contribution in [0.5, 0.6) is 0 Å². The molecule has 2 saturated heterocycles. The number of likely N-dealkylation sites (tertiary alicyclic amines) is 1. The summed E-state index contributed by atoms with van der Waals surface area (Å²) in [7, 11) is 1.72. The molecule has 0 aromatic carbocycles. The zero-order valence-corrected chi connectivity index (χ0v) is 13.3. The molecule has 3 heterocycles. The van der Waals surface area contributed by atoms with E-state index < -0.39 is 0 Å². The highest BCUT2D eigenvalue weighted by molar-refractivity contribution is 5.95. The van der Waals surface area contributed by atoms with Crippen LogP contribution in [0.2, 0.25) is 0 Å². The summed E-state index contributed by atoms with van der Waals surface area (Å²) >= 11 is 0. The number of rotatable bonds is 4. The highest BCUT2D eigenvalue weighted by Gasteiger charge is 2.38. The fourth-order valence-corrected chi connectivity index (χ4v) is 3.39. The first-order chi connectivity index (χ1) is 10.7. The predicted octanol–water partition coefficient (Wildman–Crippen LogP) is 1.15. The monoisotopic (exact) mass is 308 g/mol. The average molecular weight is 308 g/mol. The number of aryl methyl sites for hydroxylation is 1. The first-order valence-electron chi connectivity index (χ1n) is 7.88. The molecule has 3 rings (SSSR count). The molecule has 0 spiro atoms. The Labute approximate surface area is 131 Å². The minimum atomic E-state index is 0.0574. The van der Waals surface area contributed by atoms with Crippen molar-refractivity contribution in [1.29, 1.82) is 0 Å². The number of methoxy groups -OCH3 is 1. The highest BCUT2D eigenvalue weighted by atomic mass is 16.5. The third-order valence-corrected chi connectivity index (χ3v) is 4.66. The number of piperidine rings is 1. The Morgan fingerprint density at radius 1 is 1.45 bits per heavy atom. The molecule has 6 heteroatoms. The number of hydrogen-bond donors (Lipinski definition) is 0. The summed E-state index contributed by atoms with van der Waals surface area (Å²) in [4.78, 5) is 17.0. The molecule has 1 aromatic heterocycles. The van der Waals surface area contributed by atoms with Gasteiger partial charge >= 0.3 is 0 Å². The predicted molar refractivity (Wildman–Crippen MR) is 80.9 cm³/mol. The van der Waals surface area contributed by atoms with Crippen LogP contribution in [0, 0.1) is 6.92 Å². The van der Waals surface area contributed by atoms with Crippen molar-refractivity contribution < 1.29 is 18.7 Å². The van der Waals surface area contributed by atoms with E-state index in [-0.39, 0.29) is 18.1 Å². The molecule has 2 fully saturated rings. The van der Waals surface area contributed by atoms with Crippen molar-refractivity contribution in [3.05, 3.63) is 23.7 Å². The zero-order chi connectivity index (χ0) is 15.5. The fraction of sp³-hybridized carbons (Fsp3) is 0.688. The van der Waals surface area contributed by atoms with Crippen LogP contribution >= 0.6 is 0 Å². The Morgan fingerprint density at radius 2 is 2.32 bits per heavy atom. The molecule has 0 aliphatic carbocycles. The summed E-state index contributed by atoms with van der Waals surface area (Å²) in [6.07, 6.45) is 2.68. The van der Waals surface area contributed by atoms with Gasteiger partial charge in [0.1, 0.15) is 5.76 Å². The van der Waals surface area contributed by atoms with Gasteiger partial charge in [-0.3, -0.25) is 9.69 Å². The van der Waals surface area contributed by atoms with Crippen LogP contribution in [-0.2, 0) is 9.47 Å². The smallest absolute Gasteiger partial charge is 0.257 e. The van der Waals surface area contributed by atoms with E-state index in [4.69, 9.17) is 13.9 Å². The number of carbonyl (C=O) groups excluding carboxylic acids is 1. The summed E-state index contributed by atoms with van der Waals surface area (Å²) < 4.78 is 16.4. The van der Waals surface area contributed by atoms with Crippen molar-refractivity contribution >= 4 is 5.91 Å². The van der Waals surface area contributed by atoms with E-state index in [9.17, 15) is 4.79 Å². The van der Waals surface area contributed by atoms with Gasteiger partial charge < -0.3 is 18.8 Å². The summed E-state index contributed by atoms with van der Waals surface area (Å²) in [6.45, 7) is 6.53. The molecule has 0 bridgehead atoms. The van der Waals surface area contributed by atoms with E-state index in [1.165, 1.54) is 0 Å². The molecule has 2 atom stereocenters. The van der Waals surface area contributed by atoms with Gasteiger partial charge in [-0.2, -0.15) is 0 Å². The maximum absolute atomic E-state index is 12.7. The number of fused-ring (bicyclic) bond motifs is 1. The fourth-order valence-electron chi connectivity index (χ4n) is 3.39. The van der Waals surface area contributed by atoms with Crippen molar-refractivity contribution in [2.75, 3.05) is 46.5 Å². The van der Waals surface area contributed by atoms with Crippen LogP contribution in [0.3, 0.4) is 0 Å². The molecule has 6 nitrogen and oxygen atoms in total. The zero-order valence-electron chi connectivity index (χ0n) is 13.3. The normalized spacial score (nSPS) is 26.0. The summed E-state index contributed by atoms with van der Waals surface area (Å²) in [6, 6.07) is 2.01. The van der Waals surface area contributed by atoms with Gasteiger partial charge in [0.05, 0.1) is 37.2 Å².